The highest BCUT2D eigenvalue weighted by molar-refractivity contribution is 5.79. The van der Waals surface area contributed by atoms with Gasteiger partial charge in [0.15, 0.2) is 0 Å². The number of hydrogen-bond donors (Lipinski definition) is 1. The molecular weight excluding hydrogens is 247 g/mol. The van der Waals surface area contributed by atoms with Crippen molar-refractivity contribution in [1.29, 1.82) is 5.26 Å². The maximum Gasteiger partial charge on any atom is 0.328 e. The highest BCUT2D eigenvalue weighted by atomic mass is 19.1. The molecule has 0 radical (unpaired) electrons. The molecule has 1 aromatic rings. The third-order valence-corrected chi connectivity index (χ3v) is 2.62. The Balaban J connectivity index is 2.90. The van der Waals surface area contributed by atoms with Gasteiger partial charge in [0.1, 0.15) is 11.9 Å². The van der Waals surface area contributed by atoms with Crippen LogP contribution in [0.4, 0.5) is 10.1 Å². The third-order valence-electron chi connectivity index (χ3n) is 2.62. The van der Waals surface area contributed by atoms with E-state index in [1.165, 1.54) is 19.2 Å². The van der Waals surface area contributed by atoms with Crippen molar-refractivity contribution in [3.05, 3.63) is 29.6 Å². The van der Waals surface area contributed by atoms with E-state index in [0.29, 0.717) is 6.42 Å². The molecule has 1 rings (SSSR count). The number of methoxy groups -OCH3 is 1. The van der Waals surface area contributed by atoms with E-state index in [9.17, 15) is 9.18 Å². The van der Waals surface area contributed by atoms with E-state index in [1.54, 1.807) is 0 Å². The van der Waals surface area contributed by atoms with Crippen LogP contribution in [0.2, 0.25) is 0 Å². The first-order valence-corrected chi connectivity index (χ1v) is 6.02. The molecule has 0 heterocycles. The van der Waals surface area contributed by atoms with Gasteiger partial charge in [-0.1, -0.05) is 13.8 Å². The second-order valence-corrected chi connectivity index (χ2v) is 4.66. The fourth-order valence-electron chi connectivity index (χ4n) is 1.72. The minimum atomic E-state index is -0.604. The maximum absolute atomic E-state index is 13.7. The van der Waals surface area contributed by atoms with Gasteiger partial charge < -0.3 is 10.1 Å². The van der Waals surface area contributed by atoms with Crippen LogP contribution in [-0.2, 0) is 9.53 Å². The first kappa shape index (κ1) is 15.0. The molecule has 102 valence electrons. The average molecular weight is 264 g/mol. The monoisotopic (exact) mass is 264 g/mol. The van der Waals surface area contributed by atoms with Crippen molar-refractivity contribution >= 4 is 11.7 Å². The lowest BCUT2D eigenvalue weighted by Crippen LogP contribution is -2.32. The van der Waals surface area contributed by atoms with Crippen LogP contribution in [0.25, 0.3) is 0 Å². The number of rotatable bonds is 5. The fraction of sp³-hybridized carbons (Fsp3) is 0.429. The smallest absolute Gasteiger partial charge is 0.328 e. The zero-order chi connectivity index (χ0) is 14.4. The van der Waals surface area contributed by atoms with Crippen LogP contribution in [0.1, 0.15) is 25.8 Å². The standard InChI is InChI=1S/C14H17FN2O2/c1-9(2)6-13(14(18)19-3)17-12-5-4-10(8-16)7-11(12)15/h4-5,7,9,13,17H,6H2,1-3H3. The zero-order valence-electron chi connectivity index (χ0n) is 11.2. The van der Waals surface area contributed by atoms with Crippen LogP contribution < -0.4 is 5.32 Å². The first-order chi connectivity index (χ1) is 8.97. The summed E-state index contributed by atoms with van der Waals surface area (Å²) in [6, 6.07) is 5.33. The topological polar surface area (TPSA) is 62.1 Å². The Bertz CT molecular complexity index is 495. The summed E-state index contributed by atoms with van der Waals surface area (Å²) in [6.45, 7) is 3.93. The van der Waals surface area contributed by atoms with Crippen molar-refractivity contribution in [2.24, 2.45) is 5.92 Å². The summed E-state index contributed by atoms with van der Waals surface area (Å²) in [5, 5.41) is 11.5. The van der Waals surface area contributed by atoms with Gasteiger partial charge in [0.25, 0.3) is 0 Å². The first-order valence-electron chi connectivity index (χ1n) is 6.02. The van der Waals surface area contributed by atoms with Crippen molar-refractivity contribution in [3.8, 4) is 6.07 Å². The van der Waals surface area contributed by atoms with E-state index in [2.05, 4.69) is 5.32 Å². The Morgan fingerprint density at radius 2 is 2.21 bits per heavy atom. The lowest BCUT2D eigenvalue weighted by Gasteiger charge is -2.19. The summed E-state index contributed by atoms with van der Waals surface area (Å²) in [5.74, 6) is -0.729. The van der Waals surface area contributed by atoms with Crippen molar-refractivity contribution in [2.45, 2.75) is 26.3 Å². The number of nitriles is 1. The number of esters is 1. The van der Waals surface area contributed by atoms with Gasteiger partial charge in [-0.05, 0) is 30.5 Å². The summed E-state index contributed by atoms with van der Waals surface area (Å²) in [5.41, 5.74) is 0.427. The quantitative estimate of drug-likeness (QED) is 0.830. The molecule has 0 spiro atoms. The largest absolute Gasteiger partial charge is 0.467 e. The van der Waals surface area contributed by atoms with Gasteiger partial charge in [0.05, 0.1) is 24.4 Å². The van der Waals surface area contributed by atoms with Gasteiger partial charge in [0, 0.05) is 0 Å². The fourth-order valence-corrected chi connectivity index (χ4v) is 1.72. The van der Waals surface area contributed by atoms with E-state index in [0.717, 1.165) is 6.07 Å². The highest BCUT2D eigenvalue weighted by Crippen LogP contribution is 2.19. The van der Waals surface area contributed by atoms with E-state index < -0.39 is 17.8 Å². The van der Waals surface area contributed by atoms with Gasteiger partial charge in [-0.15, -0.1) is 0 Å². The average Bonchev–Trinajstić information content (AvgIpc) is 2.38. The number of benzene rings is 1. The van der Waals surface area contributed by atoms with Gasteiger partial charge in [-0.3, -0.25) is 0 Å². The van der Waals surface area contributed by atoms with Crippen LogP contribution in [0, 0.1) is 23.1 Å². The van der Waals surface area contributed by atoms with Crippen molar-refractivity contribution in [2.75, 3.05) is 12.4 Å². The summed E-state index contributed by atoms with van der Waals surface area (Å²) >= 11 is 0. The van der Waals surface area contributed by atoms with Gasteiger partial charge in [-0.2, -0.15) is 5.26 Å². The Labute approximate surface area is 112 Å². The molecule has 1 unspecified atom stereocenters. The molecule has 0 aromatic heterocycles. The molecule has 0 amide bonds. The minimum absolute atomic E-state index is 0.190. The number of nitrogens with one attached hydrogen (secondary N) is 1. The van der Waals surface area contributed by atoms with Crippen LogP contribution in [-0.4, -0.2) is 19.1 Å². The normalized spacial score (nSPS) is 11.8. The number of anilines is 1. The summed E-state index contributed by atoms with van der Waals surface area (Å²) in [6.07, 6.45) is 0.534. The Morgan fingerprint density at radius 3 is 2.68 bits per heavy atom. The SMILES string of the molecule is COC(=O)C(CC(C)C)Nc1ccc(C#N)cc1F. The molecule has 0 saturated carbocycles. The maximum atomic E-state index is 13.7. The molecule has 1 atom stereocenters. The van der Waals surface area contributed by atoms with E-state index in [1.807, 2.05) is 19.9 Å². The second-order valence-electron chi connectivity index (χ2n) is 4.66. The predicted octanol–water partition coefficient (Wildman–Crippen LogP) is 2.70. The number of halogens is 1. The van der Waals surface area contributed by atoms with Crippen LogP contribution in [0.3, 0.4) is 0 Å². The van der Waals surface area contributed by atoms with E-state index in [4.69, 9.17) is 10.00 Å². The number of carbonyl (C=O) groups is 1. The molecule has 19 heavy (non-hydrogen) atoms. The molecule has 5 heteroatoms. The van der Waals surface area contributed by atoms with Crippen LogP contribution in [0.5, 0.6) is 0 Å². The molecule has 4 nitrogen and oxygen atoms in total. The molecule has 0 bridgehead atoms. The van der Waals surface area contributed by atoms with Crippen LogP contribution in [0.15, 0.2) is 18.2 Å². The molecule has 0 fully saturated rings. The Kier molecular flexibility index (Phi) is 5.31. The zero-order valence-corrected chi connectivity index (χ0v) is 11.2. The summed E-state index contributed by atoms with van der Waals surface area (Å²) in [4.78, 5) is 11.6. The highest BCUT2D eigenvalue weighted by Gasteiger charge is 2.21. The minimum Gasteiger partial charge on any atom is -0.467 e. The molecule has 0 aliphatic rings. The van der Waals surface area contributed by atoms with E-state index >= 15 is 0 Å². The number of hydrogen-bond acceptors (Lipinski definition) is 4. The number of ether oxygens (including phenoxy) is 1. The van der Waals surface area contributed by atoms with Gasteiger partial charge in [-0.25, -0.2) is 9.18 Å². The van der Waals surface area contributed by atoms with Crippen LogP contribution >= 0.6 is 0 Å². The van der Waals surface area contributed by atoms with Gasteiger partial charge >= 0.3 is 5.97 Å². The lowest BCUT2D eigenvalue weighted by atomic mass is 10.0. The van der Waals surface area contributed by atoms with E-state index in [-0.39, 0.29) is 17.2 Å². The number of carbonyl (C=O) groups excluding carboxylic acids is 1. The summed E-state index contributed by atoms with van der Waals surface area (Å²) in [7, 11) is 1.30. The van der Waals surface area contributed by atoms with Gasteiger partial charge in [0.2, 0.25) is 0 Å². The Morgan fingerprint density at radius 1 is 1.53 bits per heavy atom. The second kappa shape index (κ2) is 6.74. The lowest BCUT2D eigenvalue weighted by molar-refractivity contribution is -0.141. The molecule has 1 N–H and O–H groups in total. The van der Waals surface area contributed by atoms with Crippen molar-refractivity contribution in [1.82, 2.24) is 0 Å². The predicted molar refractivity (Wildman–Crippen MR) is 70.0 cm³/mol. The summed E-state index contributed by atoms with van der Waals surface area (Å²) < 4.78 is 18.4. The third kappa shape index (κ3) is 4.25. The molecular formula is C14H17FN2O2. The number of nitrogens with zero attached hydrogens (tertiary/aromatic N) is 1. The molecule has 1 aromatic carbocycles. The molecule has 0 aliphatic carbocycles. The molecule has 0 saturated heterocycles. The van der Waals surface area contributed by atoms with Crippen molar-refractivity contribution in [3.63, 3.8) is 0 Å². The van der Waals surface area contributed by atoms with Crippen molar-refractivity contribution < 1.29 is 13.9 Å². The molecule has 0 aliphatic heterocycles. The Hall–Kier alpha value is -2.09.